The van der Waals surface area contributed by atoms with Gasteiger partial charge >= 0.3 is 11.9 Å². The third kappa shape index (κ3) is 31.2. The number of unbranched alkanes of at least 4 members (excludes halogenated alkanes) is 21. The third-order valence-corrected chi connectivity index (χ3v) is 7.99. The third-order valence-electron chi connectivity index (χ3n) is 7.99. The highest BCUT2D eigenvalue weighted by molar-refractivity contribution is 5.69. The Morgan fingerprint density at radius 1 is 0.525 bits per heavy atom. The number of carbonyl (C=O) groups excluding carboxylic acids is 1. The quantitative estimate of drug-likeness (QED) is 0.0501. The fourth-order valence-electron chi connectivity index (χ4n) is 5.35. The summed E-state index contributed by atoms with van der Waals surface area (Å²) in [5.74, 6) is -0.663. The molecule has 0 saturated carbocycles. The molecule has 0 amide bonds. The average Bonchev–Trinajstić information content (AvgIpc) is 2.93. The molecule has 1 unspecified atom stereocenters. The Morgan fingerprint density at radius 3 is 1.40 bits per heavy atom. The van der Waals surface area contributed by atoms with Crippen LogP contribution in [-0.4, -0.2) is 23.1 Å². The fraction of sp³-hybridized carbons (Fsp3) is 0.889. The minimum atomic E-state index is -0.679. The van der Waals surface area contributed by atoms with Crippen molar-refractivity contribution in [3.8, 4) is 0 Å². The summed E-state index contributed by atoms with van der Waals surface area (Å²) in [5.41, 5.74) is 0. The highest BCUT2D eigenvalue weighted by atomic mass is 16.5. The molecule has 0 aliphatic rings. The molecule has 0 spiro atoms. The van der Waals surface area contributed by atoms with Crippen LogP contribution in [0.15, 0.2) is 12.2 Å². The average molecular weight is 565 g/mol. The molecule has 0 fully saturated rings. The van der Waals surface area contributed by atoms with E-state index in [4.69, 9.17) is 9.84 Å². The van der Waals surface area contributed by atoms with Gasteiger partial charge in [-0.1, -0.05) is 135 Å². The zero-order valence-corrected chi connectivity index (χ0v) is 26.9. The van der Waals surface area contributed by atoms with Crippen LogP contribution in [0, 0.1) is 0 Å². The van der Waals surface area contributed by atoms with Gasteiger partial charge in [-0.05, 0) is 64.2 Å². The fourth-order valence-corrected chi connectivity index (χ4v) is 5.35. The van der Waals surface area contributed by atoms with E-state index in [1.54, 1.807) is 0 Å². The van der Waals surface area contributed by atoms with Crippen molar-refractivity contribution >= 4 is 11.9 Å². The summed E-state index contributed by atoms with van der Waals surface area (Å²) in [6, 6.07) is 0. The van der Waals surface area contributed by atoms with E-state index >= 15 is 0 Å². The number of hydrogen-bond acceptors (Lipinski definition) is 3. The van der Waals surface area contributed by atoms with E-state index in [0.717, 1.165) is 57.8 Å². The van der Waals surface area contributed by atoms with Crippen molar-refractivity contribution in [1.29, 1.82) is 0 Å². The van der Waals surface area contributed by atoms with Gasteiger partial charge < -0.3 is 9.84 Å². The molecule has 0 aromatic heterocycles. The summed E-state index contributed by atoms with van der Waals surface area (Å²) in [7, 11) is 0. The molecule has 0 aliphatic heterocycles. The van der Waals surface area contributed by atoms with Crippen LogP contribution in [0.3, 0.4) is 0 Å². The van der Waals surface area contributed by atoms with Crippen LogP contribution in [0.1, 0.15) is 200 Å². The van der Waals surface area contributed by atoms with Crippen LogP contribution in [0.25, 0.3) is 0 Å². The van der Waals surface area contributed by atoms with E-state index in [9.17, 15) is 9.59 Å². The molecule has 0 aromatic carbocycles. The minimum Gasteiger partial charge on any atom is -0.481 e. The van der Waals surface area contributed by atoms with E-state index in [0.29, 0.717) is 12.8 Å². The molecule has 0 aromatic rings. The number of carboxylic acids is 1. The van der Waals surface area contributed by atoms with Gasteiger partial charge in [0.1, 0.15) is 6.10 Å². The predicted octanol–water partition coefficient (Wildman–Crippen LogP) is 11.9. The first-order valence-electron chi connectivity index (χ1n) is 17.7. The maximum atomic E-state index is 12.5. The maximum absolute atomic E-state index is 12.5. The number of hydrogen-bond donors (Lipinski definition) is 1. The topological polar surface area (TPSA) is 63.6 Å². The predicted molar refractivity (Wildman–Crippen MR) is 172 cm³/mol. The number of rotatable bonds is 32. The van der Waals surface area contributed by atoms with E-state index in [-0.39, 0.29) is 12.1 Å². The number of esters is 1. The van der Waals surface area contributed by atoms with Crippen LogP contribution >= 0.6 is 0 Å². The molecule has 0 heterocycles. The second-order valence-electron chi connectivity index (χ2n) is 12.1. The molecule has 0 aliphatic carbocycles. The lowest BCUT2D eigenvalue weighted by molar-refractivity contribution is -0.150. The van der Waals surface area contributed by atoms with Crippen molar-refractivity contribution < 1.29 is 19.4 Å². The zero-order valence-electron chi connectivity index (χ0n) is 26.9. The van der Waals surface area contributed by atoms with Gasteiger partial charge in [-0.2, -0.15) is 0 Å². The minimum absolute atomic E-state index is 0.0158. The highest BCUT2D eigenvalue weighted by Crippen LogP contribution is 2.18. The molecule has 236 valence electrons. The zero-order chi connectivity index (χ0) is 29.4. The van der Waals surface area contributed by atoms with Gasteiger partial charge in [-0.25, -0.2) is 0 Å². The second-order valence-corrected chi connectivity index (χ2v) is 12.1. The lowest BCUT2D eigenvalue weighted by Gasteiger charge is -2.18. The first-order chi connectivity index (χ1) is 19.6. The monoisotopic (exact) mass is 565 g/mol. The molecule has 0 bridgehead atoms. The summed E-state index contributed by atoms with van der Waals surface area (Å²) in [4.78, 5) is 23.0. The van der Waals surface area contributed by atoms with Crippen LogP contribution in [0.2, 0.25) is 0 Å². The van der Waals surface area contributed by atoms with E-state index in [1.807, 2.05) is 0 Å². The van der Waals surface area contributed by atoms with E-state index in [2.05, 4.69) is 26.0 Å². The van der Waals surface area contributed by atoms with Gasteiger partial charge in [0.15, 0.2) is 0 Å². The lowest BCUT2D eigenvalue weighted by atomic mass is 10.0. The Labute approximate surface area is 249 Å². The van der Waals surface area contributed by atoms with Crippen molar-refractivity contribution in [2.45, 2.75) is 206 Å². The Bertz CT molecular complexity index is 571. The smallest absolute Gasteiger partial charge is 0.306 e. The van der Waals surface area contributed by atoms with Crippen LogP contribution < -0.4 is 0 Å². The molecular formula is C36H68O4. The number of carboxylic acid groups (broad SMARTS) is 1. The molecule has 1 N–H and O–H groups in total. The van der Waals surface area contributed by atoms with Gasteiger partial charge in [0.05, 0.1) is 0 Å². The normalized spacial score (nSPS) is 12.2. The molecule has 0 rings (SSSR count). The molecular weight excluding hydrogens is 496 g/mol. The van der Waals surface area contributed by atoms with Crippen LogP contribution in [0.5, 0.6) is 0 Å². The highest BCUT2D eigenvalue weighted by Gasteiger charge is 2.14. The van der Waals surface area contributed by atoms with Crippen molar-refractivity contribution in [2.75, 3.05) is 0 Å². The van der Waals surface area contributed by atoms with Crippen LogP contribution in [0.4, 0.5) is 0 Å². The molecule has 4 nitrogen and oxygen atoms in total. The van der Waals surface area contributed by atoms with E-state index < -0.39 is 5.97 Å². The summed E-state index contributed by atoms with van der Waals surface area (Å²) in [6.45, 7) is 4.49. The summed E-state index contributed by atoms with van der Waals surface area (Å²) < 4.78 is 5.93. The molecule has 40 heavy (non-hydrogen) atoms. The molecule has 0 radical (unpaired) electrons. The van der Waals surface area contributed by atoms with Gasteiger partial charge in [-0.3, -0.25) is 9.59 Å². The van der Waals surface area contributed by atoms with Crippen molar-refractivity contribution in [2.24, 2.45) is 0 Å². The van der Waals surface area contributed by atoms with Gasteiger partial charge in [0.25, 0.3) is 0 Å². The van der Waals surface area contributed by atoms with Crippen molar-refractivity contribution in [1.82, 2.24) is 0 Å². The van der Waals surface area contributed by atoms with Crippen molar-refractivity contribution in [3.63, 3.8) is 0 Å². The first kappa shape index (κ1) is 38.7. The summed E-state index contributed by atoms with van der Waals surface area (Å²) in [5, 5.41) is 8.68. The van der Waals surface area contributed by atoms with Gasteiger partial charge in [-0.15, -0.1) is 0 Å². The maximum Gasteiger partial charge on any atom is 0.306 e. The number of carbonyl (C=O) groups is 2. The number of ether oxygens (including phenoxy) is 1. The van der Waals surface area contributed by atoms with Gasteiger partial charge in [0.2, 0.25) is 0 Å². The largest absolute Gasteiger partial charge is 0.481 e. The molecule has 4 heteroatoms. The first-order valence-corrected chi connectivity index (χ1v) is 17.7. The number of allylic oxidation sites excluding steroid dienone is 2. The van der Waals surface area contributed by atoms with E-state index in [1.165, 1.54) is 116 Å². The lowest BCUT2D eigenvalue weighted by Crippen LogP contribution is -2.18. The Hall–Kier alpha value is -1.32. The summed E-state index contributed by atoms with van der Waals surface area (Å²) >= 11 is 0. The number of aliphatic carboxylic acids is 1. The Balaban J connectivity index is 3.76. The Kier molecular flexibility index (Phi) is 31.1. The Morgan fingerprint density at radius 2 is 0.900 bits per heavy atom. The molecule has 1 atom stereocenters. The van der Waals surface area contributed by atoms with Crippen molar-refractivity contribution in [3.05, 3.63) is 12.2 Å². The SMILES string of the molecule is CCCCCCCC/C=C\CCCCCCCC(=O)OC(CCCCC)CCCCCCCCCCCC(=O)O. The second kappa shape index (κ2) is 32.2. The summed E-state index contributed by atoms with van der Waals surface area (Å²) in [6.07, 6.45) is 38.2. The van der Waals surface area contributed by atoms with Gasteiger partial charge in [0, 0.05) is 12.8 Å². The molecule has 0 saturated heterocycles. The van der Waals surface area contributed by atoms with Crippen LogP contribution in [-0.2, 0) is 14.3 Å². The standard InChI is InChI=1S/C36H68O4/c1-3-5-7-8-9-10-11-12-13-14-15-19-22-25-29-33-36(39)40-34(30-26-6-4-2)31-27-23-20-17-16-18-21-24-28-32-35(37)38/h12-13,34H,3-11,14-33H2,1-2H3,(H,37,38)/b13-12-.